The van der Waals surface area contributed by atoms with Gasteiger partial charge in [0.2, 0.25) is 5.91 Å². The molecule has 0 aliphatic rings. The van der Waals surface area contributed by atoms with Crippen molar-refractivity contribution in [2.24, 2.45) is 0 Å². The van der Waals surface area contributed by atoms with Crippen molar-refractivity contribution in [3.63, 3.8) is 0 Å². The third-order valence-corrected chi connectivity index (χ3v) is 8.03. The lowest BCUT2D eigenvalue weighted by atomic mass is 10.0. The zero-order valence-corrected chi connectivity index (χ0v) is 24.9. The monoisotopic (exact) mass is 627 g/mol. The molecule has 0 radical (unpaired) electrons. The summed E-state index contributed by atoms with van der Waals surface area (Å²) in [6, 6.07) is 23.6. The number of carbonyl (C=O) groups excluding carboxylic acids is 1. The van der Waals surface area contributed by atoms with Crippen molar-refractivity contribution in [2.75, 3.05) is 10.8 Å². The van der Waals surface area contributed by atoms with E-state index >= 15 is 0 Å². The van der Waals surface area contributed by atoms with Crippen molar-refractivity contribution < 1.29 is 23.5 Å². The Balaban J connectivity index is 1.39. The molecule has 3 aromatic rings. The maximum atomic E-state index is 12.1. The van der Waals surface area contributed by atoms with E-state index in [0.29, 0.717) is 31.5 Å². The fraction of sp³-hybridized carbons (Fsp3) is 0.355. The van der Waals surface area contributed by atoms with Crippen LogP contribution in [0.2, 0.25) is 0 Å². The van der Waals surface area contributed by atoms with Gasteiger partial charge in [0.15, 0.2) is 0 Å². The van der Waals surface area contributed by atoms with Gasteiger partial charge in [0, 0.05) is 34.4 Å². The molecule has 9 heteroatoms. The molecular formula is C31H36BrN2O5S-. The first-order valence-corrected chi connectivity index (χ1v) is 15.5. The number of nitrogens with zero attached hydrogens (tertiary/aromatic N) is 1. The second-order valence-corrected chi connectivity index (χ2v) is 11.4. The molecule has 0 spiro atoms. The number of carboxylic acid groups (broad SMARTS) is 1. The fourth-order valence-electron chi connectivity index (χ4n) is 4.55. The standard InChI is InChI=1S/C31H37BrN2O5S/c32-27-19-15-25(16-20-27)26-17-21-28(22-18-26)34(40(38)39)29(31(36)37)13-8-9-23-33-30(35)14-7-2-1-4-10-24-11-5-3-6-12-24/h3,5-6,11-12,15-22,29H,1-2,4,7-10,13-14,23H2,(H,33,35)(H,36,37)(H,38,39)/p-1. The molecule has 0 aliphatic carbocycles. The first-order valence-electron chi connectivity index (χ1n) is 13.6. The van der Waals surface area contributed by atoms with Gasteiger partial charge >= 0.3 is 5.97 Å². The SMILES string of the molecule is O=C(CCCCCCc1ccccc1)NCCCCC(C(=O)O)N(c1ccc(-c2ccc(Br)cc2)cc1)S(=O)[O-]. The highest BCUT2D eigenvalue weighted by atomic mass is 79.9. The third kappa shape index (κ3) is 10.5. The van der Waals surface area contributed by atoms with Crippen LogP contribution in [0.1, 0.15) is 56.9 Å². The second kappa shape index (κ2) is 16.9. The smallest absolute Gasteiger partial charge is 0.327 e. The van der Waals surface area contributed by atoms with Gasteiger partial charge in [-0.2, -0.15) is 0 Å². The molecular weight excluding hydrogens is 592 g/mol. The van der Waals surface area contributed by atoms with Gasteiger partial charge in [-0.05, 0) is 79.5 Å². The van der Waals surface area contributed by atoms with Crippen LogP contribution in [0.25, 0.3) is 11.1 Å². The molecule has 3 aromatic carbocycles. The van der Waals surface area contributed by atoms with Crippen molar-refractivity contribution in [3.05, 3.63) is 88.9 Å². The van der Waals surface area contributed by atoms with Gasteiger partial charge in [-0.1, -0.05) is 83.4 Å². The Kier molecular flexibility index (Phi) is 13.4. The molecule has 0 aliphatic heterocycles. The lowest BCUT2D eigenvalue weighted by Crippen LogP contribution is -2.42. The molecule has 0 saturated heterocycles. The van der Waals surface area contributed by atoms with Gasteiger partial charge in [-0.25, -0.2) is 4.79 Å². The van der Waals surface area contributed by atoms with Gasteiger partial charge in [-0.3, -0.25) is 13.3 Å². The van der Waals surface area contributed by atoms with Gasteiger partial charge in [0.1, 0.15) is 6.04 Å². The van der Waals surface area contributed by atoms with Crippen LogP contribution in [-0.4, -0.2) is 38.3 Å². The summed E-state index contributed by atoms with van der Waals surface area (Å²) >= 11 is 0.639. The first-order chi connectivity index (χ1) is 19.3. The molecule has 40 heavy (non-hydrogen) atoms. The summed E-state index contributed by atoms with van der Waals surface area (Å²) < 4.78 is 26.0. The van der Waals surface area contributed by atoms with E-state index in [0.717, 1.165) is 52.0 Å². The van der Waals surface area contributed by atoms with Crippen LogP contribution in [-0.2, 0) is 27.3 Å². The zero-order chi connectivity index (χ0) is 28.7. The summed E-state index contributed by atoms with van der Waals surface area (Å²) in [6.07, 6.45) is 6.73. The molecule has 0 bridgehead atoms. The number of hydrogen-bond acceptors (Lipinski definition) is 4. The van der Waals surface area contributed by atoms with E-state index in [1.807, 2.05) is 42.5 Å². The van der Waals surface area contributed by atoms with Crippen molar-refractivity contribution in [1.29, 1.82) is 0 Å². The van der Waals surface area contributed by atoms with E-state index in [-0.39, 0.29) is 12.3 Å². The van der Waals surface area contributed by atoms with Gasteiger partial charge in [-0.15, -0.1) is 0 Å². The van der Waals surface area contributed by atoms with Crippen LogP contribution >= 0.6 is 15.9 Å². The fourth-order valence-corrected chi connectivity index (χ4v) is 5.51. The summed E-state index contributed by atoms with van der Waals surface area (Å²) in [6.45, 7) is 0.432. The normalized spacial score (nSPS) is 12.4. The van der Waals surface area contributed by atoms with E-state index in [1.54, 1.807) is 24.3 Å². The highest BCUT2D eigenvalue weighted by Crippen LogP contribution is 2.27. The lowest BCUT2D eigenvalue weighted by molar-refractivity contribution is -0.138. The number of halogens is 1. The molecule has 0 fully saturated rings. The molecule has 7 nitrogen and oxygen atoms in total. The number of aryl methyl sites for hydroxylation is 1. The second-order valence-electron chi connectivity index (χ2n) is 9.70. The van der Waals surface area contributed by atoms with Crippen LogP contribution < -0.4 is 9.62 Å². The first kappa shape index (κ1) is 31.5. The van der Waals surface area contributed by atoms with Gasteiger partial charge < -0.3 is 15.0 Å². The highest BCUT2D eigenvalue weighted by molar-refractivity contribution is 9.10. The number of rotatable bonds is 17. The van der Waals surface area contributed by atoms with E-state index in [4.69, 9.17) is 0 Å². The molecule has 0 aromatic heterocycles. The number of anilines is 1. The number of carbonyl (C=O) groups is 2. The van der Waals surface area contributed by atoms with E-state index in [1.165, 1.54) is 5.56 Å². The minimum atomic E-state index is -2.76. The topological polar surface area (TPSA) is 110 Å². The highest BCUT2D eigenvalue weighted by Gasteiger charge is 2.26. The lowest BCUT2D eigenvalue weighted by Gasteiger charge is -2.32. The number of aliphatic carboxylic acids is 1. The number of amides is 1. The van der Waals surface area contributed by atoms with Crippen molar-refractivity contribution >= 4 is 44.8 Å². The number of nitrogens with one attached hydrogen (secondary N) is 1. The minimum Gasteiger partial charge on any atom is -0.755 e. The van der Waals surface area contributed by atoms with Gasteiger partial charge in [0.05, 0.1) is 0 Å². The summed E-state index contributed by atoms with van der Waals surface area (Å²) in [7, 11) is 0. The summed E-state index contributed by atoms with van der Waals surface area (Å²) in [5.74, 6) is -1.22. The Hall–Kier alpha value is -3.01. The molecule has 2 N–H and O–H groups in total. The maximum Gasteiger partial charge on any atom is 0.327 e. The summed E-state index contributed by atoms with van der Waals surface area (Å²) in [4.78, 5) is 24.1. The van der Waals surface area contributed by atoms with E-state index in [2.05, 4.69) is 33.4 Å². The molecule has 214 valence electrons. The quantitative estimate of drug-likeness (QED) is 0.129. The van der Waals surface area contributed by atoms with Crippen LogP contribution in [0.3, 0.4) is 0 Å². The number of unbranched alkanes of at least 4 members (excludes halogenated alkanes) is 4. The van der Waals surface area contributed by atoms with Crippen LogP contribution in [0.5, 0.6) is 0 Å². The molecule has 2 unspecified atom stereocenters. The minimum absolute atomic E-state index is 0.00834. The van der Waals surface area contributed by atoms with Crippen molar-refractivity contribution in [3.8, 4) is 11.1 Å². The van der Waals surface area contributed by atoms with E-state index in [9.17, 15) is 23.5 Å². The molecule has 0 saturated carbocycles. The summed E-state index contributed by atoms with van der Waals surface area (Å²) in [5.41, 5.74) is 3.48. The van der Waals surface area contributed by atoms with Crippen LogP contribution in [0.4, 0.5) is 5.69 Å². The van der Waals surface area contributed by atoms with Crippen molar-refractivity contribution in [1.82, 2.24) is 5.32 Å². The van der Waals surface area contributed by atoms with Crippen LogP contribution in [0, 0.1) is 0 Å². The molecule has 1 amide bonds. The summed E-state index contributed by atoms with van der Waals surface area (Å²) in [5, 5.41) is 12.7. The maximum absolute atomic E-state index is 12.1. The number of benzene rings is 3. The Morgan fingerprint density at radius 1 is 0.850 bits per heavy atom. The number of hydrogen-bond donors (Lipinski definition) is 2. The average molecular weight is 629 g/mol. The average Bonchev–Trinajstić information content (AvgIpc) is 2.95. The Morgan fingerprint density at radius 3 is 2.10 bits per heavy atom. The van der Waals surface area contributed by atoms with E-state index < -0.39 is 23.3 Å². The zero-order valence-electron chi connectivity index (χ0n) is 22.5. The Morgan fingerprint density at radius 2 is 1.48 bits per heavy atom. The van der Waals surface area contributed by atoms with Crippen LogP contribution in [0.15, 0.2) is 83.3 Å². The Bertz CT molecular complexity index is 1220. The Labute approximate surface area is 247 Å². The number of carboxylic acids is 1. The van der Waals surface area contributed by atoms with Gasteiger partial charge in [0.25, 0.3) is 0 Å². The van der Waals surface area contributed by atoms with Crippen molar-refractivity contribution in [2.45, 2.75) is 63.8 Å². The third-order valence-electron chi connectivity index (χ3n) is 6.72. The predicted octanol–water partition coefficient (Wildman–Crippen LogP) is 6.65. The molecule has 2 atom stereocenters. The molecule has 3 rings (SSSR count). The largest absolute Gasteiger partial charge is 0.755 e. The predicted molar refractivity (Wildman–Crippen MR) is 162 cm³/mol. The molecule has 0 heterocycles.